The molecule has 0 radical (unpaired) electrons. The second-order valence-corrected chi connectivity index (χ2v) is 4.06. The van der Waals surface area contributed by atoms with Crippen molar-refractivity contribution < 1.29 is 14.3 Å². The van der Waals surface area contributed by atoms with Crippen LogP contribution in [-0.2, 0) is 13.6 Å². The van der Waals surface area contributed by atoms with E-state index in [-0.39, 0.29) is 17.7 Å². The third-order valence-corrected chi connectivity index (χ3v) is 2.86. The Kier molecular flexibility index (Phi) is 3.66. The van der Waals surface area contributed by atoms with Crippen LogP contribution in [0.15, 0.2) is 24.4 Å². The zero-order valence-corrected chi connectivity index (χ0v) is 10.6. The Bertz CT molecular complexity index is 703. The number of aromatic carboxylic acids is 1. The molecule has 2 rings (SSSR count). The number of anilines is 1. The fraction of sp³-hybridized carbons (Fsp3) is 0.154. The van der Waals surface area contributed by atoms with E-state index in [1.54, 1.807) is 19.2 Å². The number of hydrogen-bond donors (Lipinski definition) is 2. The van der Waals surface area contributed by atoms with Gasteiger partial charge in [-0.25, -0.2) is 9.18 Å². The van der Waals surface area contributed by atoms with Gasteiger partial charge in [-0.2, -0.15) is 10.4 Å². The summed E-state index contributed by atoms with van der Waals surface area (Å²) in [6.07, 6.45) is 1.25. The summed E-state index contributed by atoms with van der Waals surface area (Å²) >= 11 is 0. The minimum atomic E-state index is -1.09. The van der Waals surface area contributed by atoms with Gasteiger partial charge in [-0.3, -0.25) is 4.68 Å². The van der Waals surface area contributed by atoms with Crippen molar-refractivity contribution in [2.45, 2.75) is 6.54 Å². The number of benzene rings is 1. The molecule has 0 bridgehead atoms. The fourth-order valence-corrected chi connectivity index (χ4v) is 1.82. The minimum Gasteiger partial charge on any atom is -0.478 e. The molecule has 0 amide bonds. The smallest absolute Gasteiger partial charge is 0.339 e. The maximum Gasteiger partial charge on any atom is 0.339 e. The Labute approximate surface area is 114 Å². The number of aryl methyl sites for hydroxylation is 1. The highest BCUT2D eigenvalue weighted by molar-refractivity contribution is 5.88. The number of halogens is 1. The van der Waals surface area contributed by atoms with Gasteiger partial charge in [-0.1, -0.05) is 6.07 Å². The summed E-state index contributed by atoms with van der Waals surface area (Å²) < 4.78 is 14.8. The number of carboxylic acids is 1. The van der Waals surface area contributed by atoms with Crippen LogP contribution in [-0.4, -0.2) is 20.9 Å². The zero-order chi connectivity index (χ0) is 14.7. The molecular weight excluding hydrogens is 263 g/mol. The fourth-order valence-electron chi connectivity index (χ4n) is 1.82. The van der Waals surface area contributed by atoms with Gasteiger partial charge in [0, 0.05) is 7.05 Å². The summed E-state index contributed by atoms with van der Waals surface area (Å²) in [6.45, 7) is 0.121. The van der Waals surface area contributed by atoms with Crippen molar-refractivity contribution in [2.24, 2.45) is 7.05 Å². The van der Waals surface area contributed by atoms with E-state index in [1.165, 1.54) is 23.0 Å². The van der Waals surface area contributed by atoms with E-state index in [2.05, 4.69) is 10.4 Å². The molecule has 0 fully saturated rings. The quantitative estimate of drug-likeness (QED) is 0.886. The third-order valence-electron chi connectivity index (χ3n) is 2.86. The second kappa shape index (κ2) is 5.40. The first-order chi connectivity index (χ1) is 9.54. The van der Waals surface area contributed by atoms with Gasteiger partial charge >= 0.3 is 5.97 Å². The van der Waals surface area contributed by atoms with Crippen molar-refractivity contribution in [1.29, 1.82) is 5.26 Å². The predicted molar refractivity (Wildman–Crippen MR) is 68.6 cm³/mol. The number of carbonyl (C=O) groups is 1. The molecule has 102 valence electrons. The molecule has 0 aliphatic carbocycles. The Morgan fingerprint density at radius 2 is 2.35 bits per heavy atom. The van der Waals surface area contributed by atoms with Gasteiger partial charge < -0.3 is 10.4 Å². The largest absolute Gasteiger partial charge is 0.478 e. The molecule has 2 N–H and O–H groups in total. The lowest BCUT2D eigenvalue weighted by Gasteiger charge is -2.09. The number of nitrogens with zero attached hydrogens (tertiary/aromatic N) is 3. The van der Waals surface area contributed by atoms with Gasteiger partial charge in [-0.15, -0.1) is 0 Å². The van der Waals surface area contributed by atoms with Gasteiger partial charge in [0.1, 0.15) is 23.0 Å². The van der Waals surface area contributed by atoms with Gasteiger partial charge in [0.25, 0.3) is 0 Å². The van der Waals surface area contributed by atoms with E-state index in [0.29, 0.717) is 11.4 Å². The average Bonchev–Trinajstić information content (AvgIpc) is 2.78. The van der Waals surface area contributed by atoms with E-state index in [0.717, 1.165) is 0 Å². The van der Waals surface area contributed by atoms with E-state index in [1.807, 2.05) is 0 Å². The zero-order valence-electron chi connectivity index (χ0n) is 10.6. The van der Waals surface area contributed by atoms with Crippen LogP contribution < -0.4 is 5.32 Å². The van der Waals surface area contributed by atoms with Crippen LogP contribution in [0, 0.1) is 17.1 Å². The summed E-state index contributed by atoms with van der Waals surface area (Å²) in [5.41, 5.74) is 0.706. The second-order valence-electron chi connectivity index (χ2n) is 4.06. The first-order valence-corrected chi connectivity index (χ1v) is 5.71. The van der Waals surface area contributed by atoms with E-state index >= 15 is 0 Å². The summed E-state index contributed by atoms with van der Waals surface area (Å²) in [5, 5.41) is 24.7. The monoisotopic (exact) mass is 274 g/mol. The topological polar surface area (TPSA) is 90.9 Å². The molecule has 0 saturated heterocycles. The number of hydrogen-bond acceptors (Lipinski definition) is 4. The van der Waals surface area contributed by atoms with Crippen molar-refractivity contribution in [3.05, 3.63) is 47.0 Å². The van der Waals surface area contributed by atoms with Crippen molar-refractivity contribution in [3.8, 4) is 6.07 Å². The van der Waals surface area contributed by atoms with Gasteiger partial charge in [0.05, 0.1) is 24.1 Å². The molecule has 0 aliphatic heterocycles. The molecule has 20 heavy (non-hydrogen) atoms. The molecule has 0 saturated carbocycles. The molecule has 1 heterocycles. The van der Waals surface area contributed by atoms with E-state index in [4.69, 9.17) is 10.4 Å². The SMILES string of the molecule is Cn1ncc(C(=O)O)c1CNc1cccc(F)c1C#N. The van der Waals surface area contributed by atoms with Crippen LogP contribution in [0.3, 0.4) is 0 Å². The average molecular weight is 274 g/mol. The van der Waals surface area contributed by atoms with Gasteiger partial charge in [0.15, 0.2) is 0 Å². The van der Waals surface area contributed by atoms with Crippen LogP contribution in [0.1, 0.15) is 21.6 Å². The standard InChI is InChI=1S/C13H11FN4O2/c1-18-12(9(6-17-18)13(19)20)7-16-11-4-2-3-10(14)8(11)5-15/h2-4,6,16H,7H2,1H3,(H,19,20). The first-order valence-electron chi connectivity index (χ1n) is 5.71. The molecule has 6 nitrogen and oxygen atoms in total. The predicted octanol–water partition coefficient (Wildman–Crippen LogP) is 1.74. The van der Waals surface area contributed by atoms with Gasteiger partial charge in [0.2, 0.25) is 0 Å². The molecule has 1 aromatic heterocycles. The maximum absolute atomic E-state index is 13.4. The summed E-state index contributed by atoms with van der Waals surface area (Å²) in [6, 6.07) is 5.99. The lowest BCUT2D eigenvalue weighted by Crippen LogP contribution is -2.11. The lowest BCUT2D eigenvalue weighted by atomic mass is 10.1. The molecule has 0 unspecified atom stereocenters. The van der Waals surface area contributed by atoms with Crippen molar-refractivity contribution in [1.82, 2.24) is 9.78 Å². The Hall–Kier alpha value is -2.88. The molecule has 7 heteroatoms. The van der Waals surface area contributed by atoms with E-state index in [9.17, 15) is 9.18 Å². The van der Waals surface area contributed by atoms with Crippen LogP contribution in [0.5, 0.6) is 0 Å². The highest BCUT2D eigenvalue weighted by Crippen LogP contribution is 2.19. The van der Waals surface area contributed by atoms with Crippen LogP contribution >= 0.6 is 0 Å². The number of rotatable bonds is 4. The molecule has 1 aromatic carbocycles. The lowest BCUT2D eigenvalue weighted by molar-refractivity contribution is 0.0695. The van der Waals surface area contributed by atoms with Crippen molar-refractivity contribution in [3.63, 3.8) is 0 Å². The van der Waals surface area contributed by atoms with Crippen LogP contribution in [0.2, 0.25) is 0 Å². The molecular formula is C13H11FN4O2. The third kappa shape index (κ3) is 2.44. The number of aromatic nitrogens is 2. The normalized spacial score (nSPS) is 10.1. The number of carboxylic acid groups (broad SMARTS) is 1. The number of nitrogens with one attached hydrogen (secondary N) is 1. The summed E-state index contributed by atoms with van der Waals surface area (Å²) in [5.74, 6) is -1.71. The summed E-state index contributed by atoms with van der Waals surface area (Å²) in [7, 11) is 1.61. The van der Waals surface area contributed by atoms with Crippen molar-refractivity contribution in [2.75, 3.05) is 5.32 Å². The Morgan fingerprint density at radius 3 is 3.00 bits per heavy atom. The Morgan fingerprint density at radius 1 is 1.60 bits per heavy atom. The van der Waals surface area contributed by atoms with Crippen LogP contribution in [0.4, 0.5) is 10.1 Å². The molecule has 0 spiro atoms. The maximum atomic E-state index is 13.4. The van der Waals surface area contributed by atoms with Gasteiger partial charge in [-0.05, 0) is 12.1 Å². The molecule has 0 aliphatic rings. The highest BCUT2D eigenvalue weighted by Gasteiger charge is 2.15. The molecule has 2 aromatic rings. The van der Waals surface area contributed by atoms with E-state index < -0.39 is 11.8 Å². The minimum absolute atomic E-state index is 0.0647. The van der Waals surface area contributed by atoms with Crippen molar-refractivity contribution >= 4 is 11.7 Å². The Balaban J connectivity index is 2.26. The van der Waals surface area contributed by atoms with Crippen LogP contribution in [0.25, 0.3) is 0 Å². The first kappa shape index (κ1) is 13.5. The summed E-state index contributed by atoms with van der Waals surface area (Å²) in [4.78, 5) is 11.0. The molecule has 0 atom stereocenters. The number of nitriles is 1. The highest BCUT2D eigenvalue weighted by atomic mass is 19.1.